The molecule has 0 amide bonds. The second-order valence-electron chi connectivity index (χ2n) is 6.20. The fourth-order valence-electron chi connectivity index (χ4n) is 3.50. The summed E-state index contributed by atoms with van der Waals surface area (Å²) in [4.78, 5) is -2.86. The van der Waals surface area contributed by atoms with Crippen LogP contribution in [0.2, 0.25) is 0 Å². The van der Waals surface area contributed by atoms with Crippen molar-refractivity contribution in [3.63, 3.8) is 0 Å². The van der Waals surface area contributed by atoms with E-state index in [-0.39, 0.29) is 121 Å². The van der Waals surface area contributed by atoms with E-state index in [1.54, 1.807) is 0 Å². The maximum Gasteiger partial charge on any atom is 1.00 e. The average Bonchev–Trinajstić information content (AvgIpc) is 2.57. The summed E-state index contributed by atoms with van der Waals surface area (Å²) in [6.45, 7) is 0. The zero-order valence-corrected chi connectivity index (χ0v) is 25.3. The van der Waals surface area contributed by atoms with Crippen LogP contribution in [0, 0.1) is 0 Å². The number of rotatable bonds is 3. The minimum Gasteiger partial charge on any atom is -0.744 e. The quantitative estimate of drug-likeness (QED) is 0.153. The summed E-state index contributed by atoms with van der Waals surface area (Å²) in [6, 6.07) is 5.54. The van der Waals surface area contributed by atoms with Crippen LogP contribution >= 0.6 is 0 Å². The Morgan fingerprint density at radius 2 is 0.812 bits per heavy atom. The number of benzene rings is 4. The van der Waals surface area contributed by atoms with Gasteiger partial charge in [0, 0.05) is 32.3 Å². The third-order valence-corrected chi connectivity index (χ3v) is 7.20. The second-order valence-corrected chi connectivity index (χ2v) is 10.2. The summed E-state index contributed by atoms with van der Waals surface area (Å²) in [5.41, 5.74) is 0. The van der Waals surface area contributed by atoms with Gasteiger partial charge in [-0.25, -0.2) is 25.3 Å². The number of hydrogen-bond acceptors (Lipinski definition) is 10. The first kappa shape index (κ1) is 30.5. The van der Waals surface area contributed by atoms with E-state index in [0.717, 1.165) is 18.2 Å². The fourth-order valence-corrected chi connectivity index (χ4v) is 5.67. The number of phenols is 1. The molecule has 0 atom stereocenters. The normalized spacial score (nSPS) is 12.3. The first-order chi connectivity index (χ1) is 13.2. The number of hydrogen-bond donors (Lipinski definition) is 1. The summed E-state index contributed by atoms with van der Waals surface area (Å²) in [5.74, 6) is -0.650. The van der Waals surface area contributed by atoms with Crippen molar-refractivity contribution in [1.29, 1.82) is 0 Å². The predicted octanol–water partition coefficient (Wildman–Crippen LogP) is -7.99. The molecular weight excluding hydrogens is 517 g/mol. The molecule has 10 nitrogen and oxygen atoms in total. The topological polar surface area (TPSA) is 192 Å². The summed E-state index contributed by atoms with van der Waals surface area (Å²) >= 11 is 0. The molecule has 0 aromatic heterocycles. The van der Waals surface area contributed by atoms with Crippen molar-refractivity contribution in [3.05, 3.63) is 36.4 Å². The van der Waals surface area contributed by atoms with Crippen LogP contribution in [-0.2, 0) is 30.4 Å². The monoisotopic (exact) mass is 524 g/mol. The molecule has 0 heterocycles. The van der Waals surface area contributed by atoms with E-state index in [4.69, 9.17) is 0 Å². The molecule has 0 saturated carbocycles. The Kier molecular flexibility index (Phi) is 9.37. The third-order valence-electron chi connectivity index (χ3n) is 4.57. The van der Waals surface area contributed by atoms with Crippen molar-refractivity contribution < 1.29 is 133 Å². The SMILES string of the molecule is O=S(=O)([O-])c1cc(O)c2ccc3c(S(=O)(=O)[O-])cc(S(=O)(=O)[O-])c4ccc1c2c34.[Na+].[Na+].[Na+]. The van der Waals surface area contributed by atoms with E-state index in [1.807, 2.05) is 0 Å². The van der Waals surface area contributed by atoms with Gasteiger partial charge in [0.2, 0.25) is 0 Å². The molecule has 0 spiro atoms. The summed E-state index contributed by atoms with van der Waals surface area (Å²) < 4.78 is 105. The van der Waals surface area contributed by atoms with Crippen LogP contribution in [0.15, 0.2) is 51.1 Å². The standard InChI is InChI=1S/C16H10O10S3.3Na/c17-11-5-12(27(18,19)20)8-3-4-10-14(29(24,25)26)6-13(28(21,22)23)9-2-1-7(11)15(8)16(9)10;;;/h1-6,17H,(H,18,19,20)(H,21,22,23)(H,24,25,26);;;/q;3*+1/p-3. The molecule has 0 aliphatic heterocycles. The first-order valence-electron chi connectivity index (χ1n) is 7.56. The molecule has 0 saturated heterocycles. The van der Waals surface area contributed by atoms with E-state index in [1.165, 1.54) is 6.07 Å². The molecule has 0 aliphatic carbocycles. The van der Waals surface area contributed by atoms with Crippen molar-refractivity contribution in [2.75, 3.05) is 0 Å². The van der Waals surface area contributed by atoms with Crippen molar-refractivity contribution in [3.8, 4) is 5.75 Å². The Morgan fingerprint density at radius 3 is 1.16 bits per heavy atom. The van der Waals surface area contributed by atoms with Crippen molar-refractivity contribution >= 4 is 62.7 Å². The van der Waals surface area contributed by atoms with E-state index in [0.29, 0.717) is 12.1 Å². The fraction of sp³-hybridized carbons (Fsp3) is 0. The van der Waals surface area contributed by atoms with Crippen LogP contribution in [0.4, 0.5) is 0 Å². The molecule has 32 heavy (non-hydrogen) atoms. The third kappa shape index (κ3) is 5.03. The van der Waals surface area contributed by atoms with E-state index in [2.05, 4.69) is 0 Å². The summed E-state index contributed by atoms with van der Waals surface area (Å²) in [7, 11) is -15.6. The van der Waals surface area contributed by atoms with Gasteiger partial charge in [0.15, 0.2) is 0 Å². The van der Waals surface area contributed by atoms with Gasteiger partial charge < -0.3 is 18.8 Å². The molecule has 4 aromatic carbocycles. The second kappa shape index (κ2) is 9.84. The summed E-state index contributed by atoms with van der Waals surface area (Å²) in [5, 5.41) is 8.89. The van der Waals surface area contributed by atoms with Gasteiger partial charge in [0.05, 0.1) is 14.7 Å². The molecule has 4 rings (SSSR count). The number of aromatic hydroxyl groups is 1. The Balaban J connectivity index is 0.00000171. The van der Waals surface area contributed by atoms with Crippen molar-refractivity contribution in [1.82, 2.24) is 0 Å². The van der Waals surface area contributed by atoms with E-state index < -0.39 is 50.8 Å². The van der Waals surface area contributed by atoms with E-state index in [9.17, 15) is 44.0 Å². The molecular formula is C16H7Na3O10S3. The molecule has 0 radical (unpaired) electrons. The van der Waals surface area contributed by atoms with Gasteiger partial charge in [-0.1, -0.05) is 18.2 Å². The minimum absolute atomic E-state index is 0. The molecule has 0 bridgehead atoms. The van der Waals surface area contributed by atoms with E-state index >= 15 is 0 Å². The Bertz CT molecular complexity index is 1630. The van der Waals surface area contributed by atoms with Crippen LogP contribution in [0.25, 0.3) is 32.3 Å². The van der Waals surface area contributed by atoms with Crippen LogP contribution in [0.1, 0.15) is 0 Å². The van der Waals surface area contributed by atoms with Gasteiger partial charge >= 0.3 is 88.7 Å². The molecule has 0 fully saturated rings. The van der Waals surface area contributed by atoms with Gasteiger partial charge in [-0.05, 0) is 18.2 Å². The zero-order valence-electron chi connectivity index (χ0n) is 16.8. The van der Waals surface area contributed by atoms with Gasteiger partial charge in [0.25, 0.3) is 0 Å². The maximum atomic E-state index is 11.7. The van der Waals surface area contributed by atoms with Crippen molar-refractivity contribution in [2.24, 2.45) is 0 Å². The van der Waals surface area contributed by atoms with Gasteiger partial charge in [-0.2, -0.15) is 0 Å². The molecule has 152 valence electrons. The Labute approximate surface area is 248 Å². The minimum atomic E-state index is -5.25. The summed E-state index contributed by atoms with van der Waals surface area (Å²) in [6.07, 6.45) is 0. The molecule has 1 N–H and O–H groups in total. The Hall–Kier alpha value is 0.450. The van der Waals surface area contributed by atoms with Crippen LogP contribution < -0.4 is 88.7 Å². The van der Waals surface area contributed by atoms with Crippen LogP contribution in [0.3, 0.4) is 0 Å². The molecule has 16 heteroatoms. The number of phenolic OH excluding ortho intramolecular Hbond substituents is 1. The Morgan fingerprint density at radius 1 is 0.531 bits per heavy atom. The average molecular weight is 524 g/mol. The van der Waals surface area contributed by atoms with Gasteiger partial charge in [0.1, 0.15) is 36.1 Å². The molecule has 0 unspecified atom stereocenters. The van der Waals surface area contributed by atoms with Crippen LogP contribution in [0.5, 0.6) is 5.75 Å². The molecule has 4 aromatic rings. The zero-order chi connectivity index (χ0) is 21.5. The maximum absolute atomic E-state index is 11.7. The van der Waals surface area contributed by atoms with Crippen molar-refractivity contribution in [2.45, 2.75) is 14.7 Å². The largest absolute Gasteiger partial charge is 1.00 e. The molecule has 0 aliphatic rings. The van der Waals surface area contributed by atoms with Crippen LogP contribution in [-0.4, -0.2) is 44.0 Å². The predicted molar refractivity (Wildman–Crippen MR) is 95.7 cm³/mol. The van der Waals surface area contributed by atoms with Gasteiger partial charge in [-0.3, -0.25) is 0 Å². The first-order valence-corrected chi connectivity index (χ1v) is 11.8. The smallest absolute Gasteiger partial charge is 0.744 e. The van der Waals surface area contributed by atoms with Gasteiger partial charge in [-0.15, -0.1) is 0 Å².